The van der Waals surface area contributed by atoms with Crippen LogP contribution in [0.2, 0.25) is 5.02 Å². The Kier molecular flexibility index (Phi) is 4.55. The summed E-state index contributed by atoms with van der Waals surface area (Å²) in [6, 6.07) is 15.6. The number of carbonyl (C=O) groups is 1. The molecule has 0 fully saturated rings. The van der Waals surface area contributed by atoms with Crippen molar-refractivity contribution in [2.75, 3.05) is 0 Å². The maximum atomic E-state index is 11.9. The van der Waals surface area contributed by atoms with Crippen LogP contribution in [-0.4, -0.2) is 5.97 Å². The molecule has 2 N–H and O–H groups in total. The van der Waals surface area contributed by atoms with Crippen molar-refractivity contribution in [3.05, 3.63) is 70.7 Å². The fraction of sp³-hybridized carbons (Fsp3) is 0.133. The van der Waals surface area contributed by atoms with Gasteiger partial charge >= 0.3 is 5.97 Å². The van der Waals surface area contributed by atoms with Crippen LogP contribution in [0.25, 0.3) is 0 Å². The minimum Gasteiger partial charge on any atom is -0.459 e. The van der Waals surface area contributed by atoms with Gasteiger partial charge in [-0.05, 0) is 17.2 Å². The molecule has 0 saturated heterocycles. The van der Waals surface area contributed by atoms with E-state index < -0.39 is 12.0 Å². The first-order valence-corrected chi connectivity index (χ1v) is 6.27. The summed E-state index contributed by atoms with van der Waals surface area (Å²) in [5, 5.41) is 0.465. The fourth-order valence-corrected chi connectivity index (χ4v) is 1.93. The average Bonchev–Trinajstić information content (AvgIpc) is 2.45. The van der Waals surface area contributed by atoms with E-state index in [1.807, 2.05) is 30.3 Å². The molecule has 0 amide bonds. The Balaban J connectivity index is 1.99. The van der Waals surface area contributed by atoms with E-state index in [0.717, 1.165) is 5.56 Å². The molecule has 0 aliphatic carbocycles. The molecular formula is C15H14ClNO2. The molecule has 19 heavy (non-hydrogen) atoms. The van der Waals surface area contributed by atoms with E-state index in [1.165, 1.54) is 0 Å². The normalized spacial score (nSPS) is 11.9. The Bertz CT molecular complexity index is 557. The highest BCUT2D eigenvalue weighted by Crippen LogP contribution is 2.22. The number of ether oxygens (including phenoxy) is 1. The Hall–Kier alpha value is -1.84. The van der Waals surface area contributed by atoms with Crippen molar-refractivity contribution in [3.8, 4) is 0 Å². The molecule has 0 saturated carbocycles. The van der Waals surface area contributed by atoms with Crippen molar-refractivity contribution in [2.24, 2.45) is 5.73 Å². The summed E-state index contributed by atoms with van der Waals surface area (Å²) in [4.78, 5) is 11.9. The zero-order valence-electron chi connectivity index (χ0n) is 10.3. The van der Waals surface area contributed by atoms with Crippen molar-refractivity contribution in [3.63, 3.8) is 0 Å². The predicted molar refractivity (Wildman–Crippen MR) is 74.6 cm³/mol. The molecule has 0 unspecified atom stereocenters. The van der Waals surface area contributed by atoms with Gasteiger partial charge in [0.15, 0.2) is 0 Å². The van der Waals surface area contributed by atoms with Crippen molar-refractivity contribution >= 4 is 17.6 Å². The van der Waals surface area contributed by atoms with Gasteiger partial charge in [0.05, 0.1) is 0 Å². The molecule has 2 aromatic rings. The Morgan fingerprint density at radius 3 is 2.42 bits per heavy atom. The molecule has 98 valence electrons. The van der Waals surface area contributed by atoms with Gasteiger partial charge in [-0.2, -0.15) is 0 Å². The van der Waals surface area contributed by atoms with E-state index in [-0.39, 0.29) is 6.61 Å². The summed E-state index contributed by atoms with van der Waals surface area (Å²) >= 11 is 5.99. The van der Waals surface area contributed by atoms with Gasteiger partial charge in [-0.25, -0.2) is 4.79 Å². The molecule has 2 aromatic carbocycles. The standard InChI is InChI=1S/C15H14ClNO2/c16-13-9-5-4-8-12(13)14(17)15(18)19-10-11-6-2-1-3-7-11/h1-9,14H,10,17H2/t14-/m1/s1. The lowest BCUT2D eigenvalue weighted by Gasteiger charge is -2.13. The fourth-order valence-electron chi connectivity index (χ4n) is 1.67. The summed E-state index contributed by atoms with van der Waals surface area (Å²) in [7, 11) is 0. The largest absolute Gasteiger partial charge is 0.459 e. The zero-order chi connectivity index (χ0) is 13.7. The maximum absolute atomic E-state index is 11.9. The van der Waals surface area contributed by atoms with Gasteiger partial charge in [0.1, 0.15) is 12.6 Å². The highest BCUT2D eigenvalue weighted by Gasteiger charge is 2.19. The van der Waals surface area contributed by atoms with Gasteiger partial charge in [0, 0.05) is 5.02 Å². The molecule has 0 spiro atoms. The Labute approximate surface area is 117 Å². The Morgan fingerprint density at radius 1 is 1.11 bits per heavy atom. The van der Waals surface area contributed by atoms with Crippen LogP contribution in [-0.2, 0) is 16.1 Å². The lowest BCUT2D eigenvalue weighted by atomic mass is 10.1. The van der Waals surface area contributed by atoms with E-state index in [9.17, 15) is 4.79 Å². The first-order chi connectivity index (χ1) is 9.18. The average molecular weight is 276 g/mol. The quantitative estimate of drug-likeness (QED) is 0.873. The van der Waals surface area contributed by atoms with Crippen LogP contribution in [0.15, 0.2) is 54.6 Å². The molecular weight excluding hydrogens is 262 g/mol. The Morgan fingerprint density at radius 2 is 1.74 bits per heavy atom. The molecule has 0 aliphatic heterocycles. The SMILES string of the molecule is N[C@@H](C(=O)OCc1ccccc1)c1ccccc1Cl. The summed E-state index contributed by atoms with van der Waals surface area (Å²) < 4.78 is 5.18. The van der Waals surface area contributed by atoms with Gasteiger partial charge in [0.25, 0.3) is 0 Å². The van der Waals surface area contributed by atoms with Crippen molar-refractivity contribution in [2.45, 2.75) is 12.6 Å². The highest BCUT2D eigenvalue weighted by atomic mass is 35.5. The number of benzene rings is 2. The molecule has 0 aromatic heterocycles. The smallest absolute Gasteiger partial charge is 0.327 e. The van der Waals surface area contributed by atoms with E-state index in [1.54, 1.807) is 24.3 Å². The second-order valence-electron chi connectivity index (χ2n) is 4.09. The van der Waals surface area contributed by atoms with E-state index in [4.69, 9.17) is 22.1 Å². The van der Waals surface area contributed by atoms with Gasteiger partial charge in [-0.1, -0.05) is 60.1 Å². The minimum absolute atomic E-state index is 0.206. The van der Waals surface area contributed by atoms with Crippen molar-refractivity contribution in [1.82, 2.24) is 0 Å². The number of carbonyl (C=O) groups excluding carboxylic acids is 1. The van der Waals surface area contributed by atoms with Crippen LogP contribution < -0.4 is 5.73 Å². The molecule has 2 rings (SSSR count). The number of hydrogen-bond donors (Lipinski definition) is 1. The van der Waals surface area contributed by atoms with Crippen LogP contribution in [0.1, 0.15) is 17.2 Å². The molecule has 0 heterocycles. The predicted octanol–water partition coefficient (Wildman–Crippen LogP) is 3.08. The van der Waals surface area contributed by atoms with Crippen molar-refractivity contribution in [1.29, 1.82) is 0 Å². The molecule has 0 bridgehead atoms. The third-order valence-electron chi connectivity index (χ3n) is 2.72. The van der Waals surface area contributed by atoms with E-state index in [0.29, 0.717) is 10.6 Å². The summed E-state index contributed by atoms with van der Waals surface area (Å²) in [5.41, 5.74) is 7.33. The summed E-state index contributed by atoms with van der Waals surface area (Å²) in [6.07, 6.45) is 0. The number of halogens is 1. The highest BCUT2D eigenvalue weighted by molar-refractivity contribution is 6.31. The summed E-state index contributed by atoms with van der Waals surface area (Å²) in [5.74, 6) is -0.489. The lowest BCUT2D eigenvalue weighted by Crippen LogP contribution is -2.23. The van der Waals surface area contributed by atoms with E-state index >= 15 is 0 Å². The third-order valence-corrected chi connectivity index (χ3v) is 3.06. The zero-order valence-corrected chi connectivity index (χ0v) is 11.0. The monoisotopic (exact) mass is 275 g/mol. The van der Waals surface area contributed by atoms with Crippen LogP contribution in [0.3, 0.4) is 0 Å². The first-order valence-electron chi connectivity index (χ1n) is 5.89. The first kappa shape index (κ1) is 13.6. The second-order valence-corrected chi connectivity index (χ2v) is 4.50. The van der Waals surface area contributed by atoms with Crippen LogP contribution in [0, 0.1) is 0 Å². The number of hydrogen-bond acceptors (Lipinski definition) is 3. The van der Waals surface area contributed by atoms with E-state index in [2.05, 4.69) is 0 Å². The second kappa shape index (κ2) is 6.36. The van der Waals surface area contributed by atoms with Crippen LogP contribution >= 0.6 is 11.6 Å². The van der Waals surface area contributed by atoms with Crippen LogP contribution in [0.5, 0.6) is 0 Å². The summed E-state index contributed by atoms with van der Waals surface area (Å²) in [6.45, 7) is 0.206. The number of esters is 1. The van der Waals surface area contributed by atoms with Crippen LogP contribution in [0.4, 0.5) is 0 Å². The molecule has 3 nitrogen and oxygen atoms in total. The third kappa shape index (κ3) is 3.56. The van der Waals surface area contributed by atoms with Gasteiger partial charge in [-0.15, -0.1) is 0 Å². The lowest BCUT2D eigenvalue weighted by molar-refractivity contribution is -0.146. The molecule has 0 radical (unpaired) electrons. The molecule has 0 aliphatic rings. The molecule has 1 atom stereocenters. The van der Waals surface area contributed by atoms with Gasteiger partial charge < -0.3 is 10.5 Å². The number of rotatable bonds is 4. The van der Waals surface area contributed by atoms with Gasteiger partial charge in [-0.3, -0.25) is 0 Å². The molecule has 4 heteroatoms. The van der Waals surface area contributed by atoms with Crippen molar-refractivity contribution < 1.29 is 9.53 Å². The maximum Gasteiger partial charge on any atom is 0.327 e. The topological polar surface area (TPSA) is 52.3 Å². The number of nitrogens with two attached hydrogens (primary N) is 1. The minimum atomic E-state index is -0.864. The van der Waals surface area contributed by atoms with Gasteiger partial charge in [0.2, 0.25) is 0 Å².